The molecule has 0 amide bonds. The molecule has 1 aliphatic rings. The monoisotopic (exact) mass is 372 g/mol. The van der Waals surface area contributed by atoms with Crippen molar-refractivity contribution in [3.8, 4) is 0 Å². The number of nitrogens with zero attached hydrogens (tertiary/aromatic N) is 2. The van der Waals surface area contributed by atoms with Gasteiger partial charge in [-0.1, -0.05) is 60.7 Å². The van der Waals surface area contributed by atoms with E-state index in [1.54, 1.807) is 4.31 Å². The predicted molar refractivity (Wildman–Crippen MR) is 106 cm³/mol. The van der Waals surface area contributed by atoms with Crippen molar-refractivity contribution < 1.29 is 8.42 Å². The van der Waals surface area contributed by atoms with E-state index < -0.39 is 10.0 Å². The molecule has 4 nitrogen and oxygen atoms in total. The highest BCUT2D eigenvalue weighted by Gasteiger charge is 2.34. The lowest BCUT2D eigenvalue weighted by Crippen LogP contribution is -2.57. The van der Waals surface area contributed by atoms with Crippen LogP contribution in [0.1, 0.15) is 25.0 Å². The third-order valence-electron chi connectivity index (χ3n) is 5.16. The first-order chi connectivity index (χ1) is 12.5. The molecule has 0 saturated carbocycles. The van der Waals surface area contributed by atoms with Gasteiger partial charge in [0.15, 0.2) is 0 Å². The number of benzene rings is 2. The molecule has 1 heterocycles. The maximum atomic E-state index is 12.8. The van der Waals surface area contributed by atoms with Crippen LogP contribution in [0.4, 0.5) is 0 Å². The van der Waals surface area contributed by atoms with E-state index >= 15 is 0 Å². The summed E-state index contributed by atoms with van der Waals surface area (Å²) in [4.78, 5) is 2.40. The van der Waals surface area contributed by atoms with Crippen LogP contribution in [0.25, 0.3) is 0 Å². The fourth-order valence-corrected chi connectivity index (χ4v) is 5.30. The molecule has 26 heavy (non-hydrogen) atoms. The fraction of sp³-hybridized carbons (Fsp3) is 0.429. The van der Waals surface area contributed by atoms with Crippen LogP contribution in [0.2, 0.25) is 0 Å². The van der Waals surface area contributed by atoms with Gasteiger partial charge in [0.25, 0.3) is 0 Å². The van der Waals surface area contributed by atoms with Crippen molar-refractivity contribution >= 4 is 10.0 Å². The Morgan fingerprint density at radius 3 is 1.88 bits per heavy atom. The molecular formula is C21H28N2O2S. The molecule has 1 fully saturated rings. The summed E-state index contributed by atoms with van der Waals surface area (Å²) in [5.74, 6) is 0.176. The van der Waals surface area contributed by atoms with E-state index in [9.17, 15) is 8.42 Å². The quantitative estimate of drug-likeness (QED) is 0.782. The SMILES string of the molecule is CC1CN(S(=O)(=O)CCc2ccccc2)CC(C)N1Cc1ccccc1. The Labute approximate surface area is 157 Å². The summed E-state index contributed by atoms with van der Waals surface area (Å²) in [6.45, 7) is 6.24. The summed E-state index contributed by atoms with van der Waals surface area (Å²) in [5, 5.41) is 0. The Morgan fingerprint density at radius 2 is 1.35 bits per heavy atom. The smallest absolute Gasteiger partial charge is 0.214 e. The molecule has 0 N–H and O–H groups in total. The van der Waals surface area contributed by atoms with Crippen LogP contribution in [0.15, 0.2) is 60.7 Å². The first kappa shape index (κ1) is 19.1. The fourth-order valence-electron chi connectivity index (χ4n) is 3.66. The molecule has 0 bridgehead atoms. The van der Waals surface area contributed by atoms with Gasteiger partial charge in [-0.2, -0.15) is 4.31 Å². The zero-order chi connectivity index (χ0) is 18.6. The van der Waals surface area contributed by atoms with E-state index in [0.717, 1.165) is 12.1 Å². The van der Waals surface area contributed by atoms with Crippen molar-refractivity contribution in [1.29, 1.82) is 0 Å². The van der Waals surface area contributed by atoms with Crippen molar-refractivity contribution in [1.82, 2.24) is 9.21 Å². The normalized spacial score (nSPS) is 22.4. The molecule has 1 saturated heterocycles. The number of hydrogen-bond acceptors (Lipinski definition) is 3. The van der Waals surface area contributed by atoms with Crippen LogP contribution in [-0.4, -0.2) is 48.5 Å². The summed E-state index contributed by atoms with van der Waals surface area (Å²) in [5.41, 5.74) is 2.34. The molecule has 1 aliphatic heterocycles. The van der Waals surface area contributed by atoms with E-state index in [2.05, 4.69) is 43.0 Å². The van der Waals surface area contributed by atoms with Crippen LogP contribution >= 0.6 is 0 Å². The third-order valence-corrected chi connectivity index (χ3v) is 6.97. The lowest BCUT2D eigenvalue weighted by atomic mass is 10.1. The minimum absolute atomic E-state index is 0.176. The molecule has 2 aromatic rings. The van der Waals surface area contributed by atoms with Gasteiger partial charge in [-0.25, -0.2) is 8.42 Å². The molecule has 0 radical (unpaired) electrons. The average Bonchev–Trinajstić information content (AvgIpc) is 2.64. The van der Waals surface area contributed by atoms with Gasteiger partial charge in [-0.05, 0) is 31.4 Å². The number of hydrogen-bond donors (Lipinski definition) is 0. The van der Waals surface area contributed by atoms with Crippen molar-refractivity contribution in [2.24, 2.45) is 0 Å². The number of rotatable bonds is 6. The first-order valence-electron chi connectivity index (χ1n) is 9.27. The molecule has 0 aromatic heterocycles. The van der Waals surface area contributed by atoms with Gasteiger partial charge in [-0.3, -0.25) is 4.90 Å². The predicted octanol–water partition coefficient (Wildman–Crippen LogP) is 3.15. The number of sulfonamides is 1. The number of aryl methyl sites for hydroxylation is 1. The van der Waals surface area contributed by atoms with E-state index in [1.165, 1.54) is 5.56 Å². The average molecular weight is 373 g/mol. The topological polar surface area (TPSA) is 40.6 Å². The second-order valence-electron chi connectivity index (χ2n) is 7.22. The summed E-state index contributed by atoms with van der Waals surface area (Å²) in [6, 6.07) is 20.6. The molecule has 2 aromatic carbocycles. The summed E-state index contributed by atoms with van der Waals surface area (Å²) < 4.78 is 27.3. The molecule has 0 aliphatic carbocycles. The standard InChI is InChI=1S/C21H28N2O2S/c1-18-15-22(26(24,25)14-13-20-9-5-3-6-10-20)16-19(2)23(18)17-21-11-7-4-8-12-21/h3-12,18-19H,13-17H2,1-2H3. The first-order valence-corrected chi connectivity index (χ1v) is 10.9. The highest BCUT2D eigenvalue weighted by molar-refractivity contribution is 7.89. The largest absolute Gasteiger partial charge is 0.291 e. The van der Waals surface area contributed by atoms with Crippen LogP contribution in [0, 0.1) is 0 Å². The zero-order valence-corrected chi connectivity index (χ0v) is 16.4. The molecule has 5 heteroatoms. The molecule has 140 valence electrons. The Hall–Kier alpha value is -1.69. The highest BCUT2D eigenvalue weighted by Crippen LogP contribution is 2.21. The molecule has 2 atom stereocenters. The lowest BCUT2D eigenvalue weighted by Gasteiger charge is -2.43. The Kier molecular flexibility index (Phi) is 6.12. The van der Waals surface area contributed by atoms with Crippen LogP contribution in [0.5, 0.6) is 0 Å². The van der Waals surface area contributed by atoms with Crippen LogP contribution in [0.3, 0.4) is 0 Å². The summed E-state index contributed by atoms with van der Waals surface area (Å²) >= 11 is 0. The molecular weight excluding hydrogens is 344 g/mol. The van der Waals surface area contributed by atoms with Gasteiger partial charge in [0, 0.05) is 31.7 Å². The van der Waals surface area contributed by atoms with Crippen LogP contribution in [-0.2, 0) is 23.0 Å². The van der Waals surface area contributed by atoms with Crippen LogP contribution < -0.4 is 0 Å². The minimum Gasteiger partial charge on any atom is -0.291 e. The van der Waals surface area contributed by atoms with Crippen molar-refractivity contribution in [2.75, 3.05) is 18.8 Å². The van der Waals surface area contributed by atoms with Crippen molar-refractivity contribution in [2.45, 2.75) is 38.9 Å². The molecule has 2 unspecified atom stereocenters. The van der Waals surface area contributed by atoms with E-state index in [0.29, 0.717) is 19.5 Å². The molecule has 3 rings (SSSR count). The summed E-state index contributed by atoms with van der Waals surface area (Å²) in [6.07, 6.45) is 0.566. The minimum atomic E-state index is -3.24. The maximum absolute atomic E-state index is 12.8. The Bertz CT molecular complexity index is 781. The van der Waals surface area contributed by atoms with Gasteiger partial charge >= 0.3 is 0 Å². The van der Waals surface area contributed by atoms with E-state index in [1.807, 2.05) is 36.4 Å². The van der Waals surface area contributed by atoms with Crippen molar-refractivity contribution in [3.05, 3.63) is 71.8 Å². The number of piperazine rings is 1. The van der Waals surface area contributed by atoms with Gasteiger partial charge in [0.05, 0.1) is 5.75 Å². The van der Waals surface area contributed by atoms with Gasteiger partial charge in [-0.15, -0.1) is 0 Å². The van der Waals surface area contributed by atoms with E-state index in [4.69, 9.17) is 0 Å². The second kappa shape index (κ2) is 8.33. The summed E-state index contributed by atoms with van der Waals surface area (Å²) in [7, 11) is -3.24. The zero-order valence-electron chi connectivity index (χ0n) is 15.6. The Balaban J connectivity index is 1.62. The third kappa shape index (κ3) is 4.72. The maximum Gasteiger partial charge on any atom is 0.214 e. The molecule has 0 spiro atoms. The van der Waals surface area contributed by atoms with Crippen molar-refractivity contribution in [3.63, 3.8) is 0 Å². The van der Waals surface area contributed by atoms with Gasteiger partial charge < -0.3 is 0 Å². The Morgan fingerprint density at radius 1 is 0.846 bits per heavy atom. The van der Waals surface area contributed by atoms with Gasteiger partial charge in [0.1, 0.15) is 0 Å². The van der Waals surface area contributed by atoms with Gasteiger partial charge in [0.2, 0.25) is 10.0 Å². The second-order valence-corrected chi connectivity index (χ2v) is 9.31. The van der Waals surface area contributed by atoms with E-state index in [-0.39, 0.29) is 17.8 Å². The highest BCUT2D eigenvalue weighted by atomic mass is 32.2. The lowest BCUT2D eigenvalue weighted by molar-refractivity contribution is 0.0699.